The second kappa shape index (κ2) is 5.21. The molecule has 3 nitrogen and oxygen atoms in total. The summed E-state index contributed by atoms with van der Waals surface area (Å²) in [6, 6.07) is 10.7. The van der Waals surface area contributed by atoms with Gasteiger partial charge in [-0.05, 0) is 23.3 Å². The summed E-state index contributed by atoms with van der Waals surface area (Å²) >= 11 is 0. The third kappa shape index (κ3) is 2.75. The Labute approximate surface area is 118 Å². The van der Waals surface area contributed by atoms with E-state index in [2.05, 4.69) is 0 Å². The van der Waals surface area contributed by atoms with Gasteiger partial charge in [-0.15, -0.1) is 0 Å². The molecule has 1 N–H and O–H groups in total. The zero-order valence-electron chi connectivity index (χ0n) is 10.6. The van der Waals surface area contributed by atoms with Crippen LogP contribution < -0.4 is 5.11 Å². The van der Waals surface area contributed by atoms with E-state index in [0.717, 1.165) is 18.2 Å². The van der Waals surface area contributed by atoms with Crippen molar-refractivity contribution in [3.05, 3.63) is 71.3 Å². The molecule has 0 aliphatic carbocycles. The molecule has 0 spiro atoms. The predicted octanol–water partition coefficient (Wildman–Crippen LogP) is 1.69. The molecule has 0 saturated carbocycles. The highest BCUT2D eigenvalue weighted by Gasteiger charge is 2.36. The molecule has 0 saturated heterocycles. The first-order valence-corrected chi connectivity index (χ1v) is 5.93. The van der Waals surface area contributed by atoms with E-state index in [0.29, 0.717) is 6.07 Å². The first kappa shape index (κ1) is 15.1. The van der Waals surface area contributed by atoms with E-state index in [1.807, 2.05) is 0 Å². The average Bonchev–Trinajstić information content (AvgIpc) is 2.46. The highest BCUT2D eigenvalue weighted by molar-refractivity contribution is 5.82. The molecule has 2 aromatic rings. The number of carboxylic acids is 1. The minimum absolute atomic E-state index is 0.0793. The molecule has 0 bridgehead atoms. The number of hydrogen-bond acceptors (Lipinski definition) is 3. The monoisotopic (exact) mass is 295 g/mol. The normalized spacial score (nSPS) is 14.5. The molecular weight excluding hydrogens is 285 g/mol. The van der Waals surface area contributed by atoms with Crippen LogP contribution in [0.15, 0.2) is 54.6 Å². The molecule has 0 fully saturated rings. The summed E-state index contributed by atoms with van der Waals surface area (Å²) in [6.07, 6.45) is -4.64. The lowest BCUT2D eigenvalue weighted by Crippen LogP contribution is -2.46. The minimum Gasteiger partial charge on any atom is -0.546 e. The van der Waals surface area contributed by atoms with Gasteiger partial charge in [0, 0.05) is 0 Å². The quantitative estimate of drug-likeness (QED) is 0.937. The average molecular weight is 295 g/mol. The van der Waals surface area contributed by atoms with Gasteiger partial charge in [0.1, 0.15) is 0 Å². The number of halogens is 3. The third-order valence-electron chi connectivity index (χ3n) is 3.09. The standard InChI is InChI=1S/C15H11F3O3/c16-15(17,18)12-8-4-7-11(9-12)14(21,13(19)20)10-5-2-1-3-6-10/h1-9,21H,(H,19,20)/p-1. The second-order valence-corrected chi connectivity index (χ2v) is 4.44. The molecule has 0 amide bonds. The molecule has 6 heteroatoms. The fourth-order valence-corrected chi connectivity index (χ4v) is 2.00. The van der Waals surface area contributed by atoms with E-state index in [-0.39, 0.29) is 5.56 Å². The number of aliphatic hydroxyl groups is 1. The lowest BCUT2D eigenvalue weighted by Gasteiger charge is -2.30. The van der Waals surface area contributed by atoms with Gasteiger partial charge < -0.3 is 15.0 Å². The van der Waals surface area contributed by atoms with E-state index < -0.39 is 28.9 Å². The maximum absolute atomic E-state index is 12.7. The van der Waals surface area contributed by atoms with Gasteiger partial charge in [0.25, 0.3) is 0 Å². The van der Waals surface area contributed by atoms with Crippen molar-refractivity contribution in [1.29, 1.82) is 0 Å². The first-order valence-electron chi connectivity index (χ1n) is 5.93. The van der Waals surface area contributed by atoms with Gasteiger partial charge in [-0.3, -0.25) is 0 Å². The van der Waals surface area contributed by atoms with E-state index in [9.17, 15) is 28.2 Å². The molecule has 0 aromatic heterocycles. The Hall–Kier alpha value is -2.34. The van der Waals surface area contributed by atoms with Crippen molar-refractivity contribution in [1.82, 2.24) is 0 Å². The number of aliphatic carboxylic acids is 1. The van der Waals surface area contributed by atoms with Crippen LogP contribution in [0.3, 0.4) is 0 Å². The Morgan fingerprint density at radius 2 is 1.43 bits per heavy atom. The van der Waals surface area contributed by atoms with Crippen molar-refractivity contribution in [2.24, 2.45) is 0 Å². The predicted molar refractivity (Wildman–Crippen MR) is 65.9 cm³/mol. The number of carbonyl (C=O) groups excluding carboxylic acids is 1. The number of alkyl halides is 3. The highest BCUT2D eigenvalue weighted by atomic mass is 19.4. The minimum atomic E-state index is -4.64. The summed E-state index contributed by atoms with van der Waals surface area (Å²) < 4.78 is 38.1. The van der Waals surface area contributed by atoms with E-state index >= 15 is 0 Å². The van der Waals surface area contributed by atoms with Crippen LogP contribution in [0.2, 0.25) is 0 Å². The van der Waals surface area contributed by atoms with E-state index in [1.54, 1.807) is 6.07 Å². The van der Waals surface area contributed by atoms with E-state index in [1.165, 1.54) is 24.3 Å². The number of carboxylic acid groups (broad SMARTS) is 1. The molecule has 1 atom stereocenters. The number of hydrogen-bond donors (Lipinski definition) is 1. The fourth-order valence-electron chi connectivity index (χ4n) is 2.00. The zero-order chi connectivity index (χ0) is 15.7. The number of benzene rings is 2. The first-order chi connectivity index (χ1) is 9.76. The molecule has 0 aliphatic heterocycles. The SMILES string of the molecule is O=C([O-])C(O)(c1ccccc1)c1cccc(C(F)(F)F)c1. The van der Waals surface area contributed by atoms with Crippen molar-refractivity contribution in [3.8, 4) is 0 Å². The van der Waals surface area contributed by atoms with Gasteiger partial charge in [0.15, 0.2) is 5.60 Å². The molecule has 110 valence electrons. The maximum atomic E-state index is 12.7. The van der Waals surface area contributed by atoms with Gasteiger partial charge >= 0.3 is 6.18 Å². The molecule has 2 aromatic carbocycles. The maximum Gasteiger partial charge on any atom is 0.416 e. The van der Waals surface area contributed by atoms with Gasteiger partial charge in [-0.2, -0.15) is 13.2 Å². The van der Waals surface area contributed by atoms with Crippen molar-refractivity contribution in [3.63, 3.8) is 0 Å². The Bertz CT molecular complexity index is 653. The van der Waals surface area contributed by atoms with Crippen molar-refractivity contribution >= 4 is 5.97 Å². The van der Waals surface area contributed by atoms with Crippen molar-refractivity contribution in [2.45, 2.75) is 11.8 Å². The summed E-state index contributed by atoms with van der Waals surface area (Å²) in [7, 11) is 0. The summed E-state index contributed by atoms with van der Waals surface area (Å²) in [5.41, 5.74) is -4.19. The molecule has 0 radical (unpaired) electrons. The number of rotatable bonds is 3. The smallest absolute Gasteiger partial charge is 0.416 e. The molecule has 0 heterocycles. The number of carbonyl (C=O) groups is 1. The van der Waals surface area contributed by atoms with Crippen LogP contribution in [0.25, 0.3) is 0 Å². The molecule has 2 rings (SSSR count). The second-order valence-electron chi connectivity index (χ2n) is 4.44. The van der Waals surface area contributed by atoms with Crippen molar-refractivity contribution in [2.75, 3.05) is 0 Å². The largest absolute Gasteiger partial charge is 0.546 e. The fraction of sp³-hybridized carbons (Fsp3) is 0.133. The summed E-state index contributed by atoms with van der Waals surface area (Å²) in [6.45, 7) is 0. The Balaban J connectivity index is 2.62. The molecular formula is C15H10F3O3-. The molecule has 1 unspecified atom stereocenters. The van der Waals surface area contributed by atoms with Crippen LogP contribution in [0.1, 0.15) is 16.7 Å². The van der Waals surface area contributed by atoms with Gasteiger partial charge in [0.2, 0.25) is 0 Å². The van der Waals surface area contributed by atoms with Crippen LogP contribution in [-0.2, 0) is 16.6 Å². The van der Waals surface area contributed by atoms with Gasteiger partial charge in [0.05, 0.1) is 11.5 Å². The Morgan fingerprint density at radius 3 is 1.95 bits per heavy atom. The lowest BCUT2D eigenvalue weighted by molar-refractivity contribution is -0.322. The Morgan fingerprint density at radius 1 is 0.905 bits per heavy atom. The topological polar surface area (TPSA) is 60.4 Å². The Kier molecular flexibility index (Phi) is 3.74. The van der Waals surface area contributed by atoms with Crippen LogP contribution >= 0.6 is 0 Å². The van der Waals surface area contributed by atoms with E-state index in [4.69, 9.17) is 0 Å². The molecule has 21 heavy (non-hydrogen) atoms. The van der Waals surface area contributed by atoms with Crippen LogP contribution in [-0.4, -0.2) is 11.1 Å². The summed E-state index contributed by atoms with van der Waals surface area (Å²) in [5.74, 6) is -1.90. The third-order valence-corrected chi connectivity index (χ3v) is 3.09. The van der Waals surface area contributed by atoms with Gasteiger partial charge in [-0.1, -0.05) is 42.5 Å². The molecule has 0 aliphatic rings. The summed E-state index contributed by atoms with van der Waals surface area (Å²) in [4.78, 5) is 11.3. The van der Waals surface area contributed by atoms with Crippen molar-refractivity contribution < 1.29 is 28.2 Å². The van der Waals surface area contributed by atoms with Crippen LogP contribution in [0.5, 0.6) is 0 Å². The lowest BCUT2D eigenvalue weighted by atomic mass is 9.85. The highest BCUT2D eigenvalue weighted by Crippen LogP contribution is 2.34. The van der Waals surface area contributed by atoms with Gasteiger partial charge in [-0.25, -0.2) is 0 Å². The van der Waals surface area contributed by atoms with Crippen LogP contribution in [0, 0.1) is 0 Å². The summed E-state index contributed by atoms with van der Waals surface area (Å²) in [5, 5.41) is 21.7. The van der Waals surface area contributed by atoms with Crippen LogP contribution in [0.4, 0.5) is 13.2 Å². The zero-order valence-corrected chi connectivity index (χ0v) is 10.6.